The fraction of sp³-hybridized carbons (Fsp3) is 0.718. The van der Waals surface area contributed by atoms with Crippen molar-refractivity contribution in [3.05, 3.63) is 0 Å². The van der Waals surface area contributed by atoms with Crippen LogP contribution in [0.1, 0.15) is 85.5 Å². The Morgan fingerprint density at radius 3 is 1.83 bits per heavy atom. The van der Waals surface area contributed by atoms with Crippen LogP contribution in [0.5, 0.6) is 0 Å². The summed E-state index contributed by atoms with van der Waals surface area (Å²) < 4.78 is 0. The van der Waals surface area contributed by atoms with Crippen molar-refractivity contribution in [3.63, 3.8) is 0 Å². The van der Waals surface area contributed by atoms with Crippen LogP contribution < -0.4 is 59.3 Å². The van der Waals surface area contributed by atoms with Crippen molar-refractivity contribution >= 4 is 65.0 Å². The van der Waals surface area contributed by atoms with Gasteiger partial charge in [0, 0.05) is 19.5 Å². The zero-order chi connectivity index (χ0) is 48.1. The fourth-order valence-electron chi connectivity index (χ4n) is 6.81. The van der Waals surface area contributed by atoms with E-state index < -0.39 is 133 Å². The highest BCUT2D eigenvalue weighted by Crippen LogP contribution is 2.18. The van der Waals surface area contributed by atoms with Gasteiger partial charge in [-0.05, 0) is 77.7 Å². The van der Waals surface area contributed by atoms with Crippen LogP contribution in [0.25, 0.3) is 0 Å². The number of carboxylic acids is 1. The molecule has 0 aromatic carbocycles. The molecular weight excluding hydrogens is 844 g/mol. The van der Waals surface area contributed by atoms with E-state index in [-0.39, 0.29) is 51.1 Å². The van der Waals surface area contributed by atoms with Crippen LogP contribution in [0.15, 0.2) is 0 Å². The molecule has 64 heavy (non-hydrogen) atoms. The Hall–Kier alpha value is -5.95. The second-order valence-electron chi connectivity index (χ2n) is 16.3. The minimum Gasteiger partial charge on any atom is -0.480 e. The standard InChI is InChI=1S/C39H66N12O13/c1-20(2)14-27(37(61)47-22(4)34(58)45-19-32(56)51-13-7-9-28(51)38(62)50-25(39(63)64)8-5-6-12-40)49-31(55)17-43-33(57)21(3)46-36(60)24(10-11-29(41)53)48-30(54)18-44-35(59)26-15-23(52)16-42-26/h20-28,42,52H,5-19,40H2,1-4H3,(H2,41,53)(H,43,57)(H,44,59)(H,45,58)(H,46,60)(H,47,61)(H,48,54)(H,49,55)(H,50,62)(H,63,64)/t21-,22-,23+,24-,25-,26?,27-,28-/m0/s1. The first-order valence-electron chi connectivity index (χ1n) is 21.4. The van der Waals surface area contributed by atoms with Crippen LogP contribution in [-0.2, 0) is 52.7 Å². The molecule has 25 nitrogen and oxygen atoms in total. The van der Waals surface area contributed by atoms with Crippen LogP contribution in [0.3, 0.4) is 0 Å². The van der Waals surface area contributed by atoms with Gasteiger partial charge in [-0.1, -0.05) is 13.8 Å². The molecule has 2 rings (SSSR count). The summed E-state index contributed by atoms with van der Waals surface area (Å²) in [4.78, 5) is 140. The van der Waals surface area contributed by atoms with Crippen molar-refractivity contribution in [2.24, 2.45) is 17.4 Å². The molecule has 1 unspecified atom stereocenters. The molecule has 2 aliphatic heterocycles. The van der Waals surface area contributed by atoms with Crippen LogP contribution >= 0.6 is 0 Å². The zero-order valence-corrected chi connectivity index (χ0v) is 36.8. The first-order valence-corrected chi connectivity index (χ1v) is 21.4. The number of aliphatic hydroxyl groups excluding tert-OH is 1. The normalized spacial score (nSPS) is 19.2. The molecule has 10 amide bonds. The molecule has 2 saturated heterocycles. The second kappa shape index (κ2) is 27.3. The maximum absolute atomic E-state index is 13.3. The molecule has 0 aromatic heterocycles. The van der Waals surface area contributed by atoms with E-state index in [1.54, 1.807) is 13.8 Å². The lowest BCUT2D eigenvalue weighted by Crippen LogP contribution is -2.56. The number of β-amino-alcohol motifs (C(OH)–C–C–N with tert-alkyl or cyclic N) is 1. The van der Waals surface area contributed by atoms with Gasteiger partial charge in [0.25, 0.3) is 0 Å². The van der Waals surface area contributed by atoms with Crippen molar-refractivity contribution in [1.82, 2.24) is 52.8 Å². The van der Waals surface area contributed by atoms with E-state index in [2.05, 4.69) is 47.9 Å². The van der Waals surface area contributed by atoms with Gasteiger partial charge in [0.2, 0.25) is 59.1 Å². The Balaban J connectivity index is 1.88. The lowest BCUT2D eigenvalue weighted by molar-refractivity contribution is -0.144. The molecule has 360 valence electrons. The number of carbonyl (C=O) groups is 11. The fourth-order valence-corrected chi connectivity index (χ4v) is 6.81. The molecule has 2 aliphatic rings. The molecule has 2 heterocycles. The third-order valence-electron chi connectivity index (χ3n) is 10.3. The van der Waals surface area contributed by atoms with Crippen molar-refractivity contribution in [2.45, 2.75) is 134 Å². The average molecular weight is 911 g/mol. The number of unbranched alkanes of at least 4 members (excludes halogenated alkanes) is 1. The van der Waals surface area contributed by atoms with Gasteiger partial charge in [-0.3, -0.25) is 47.9 Å². The summed E-state index contributed by atoms with van der Waals surface area (Å²) in [5.74, 6) is -8.60. The highest BCUT2D eigenvalue weighted by molar-refractivity contribution is 5.97. The van der Waals surface area contributed by atoms with E-state index >= 15 is 0 Å². The first kappa shape index (κ1) is 54.2. The molecule has 8 atom stereocenters. The molecular formula is C39H66N12O13. The Labute approximate surface area is 370 Å². The minimum atomic E-state index is -1.34. The molecule has 0 bridgehead atoms. The van der Waals surface area contributed by atoms with Gasteiger partial charge in [-0.15, -0.1) is 0 Å². The molecule has 0 spiro atoms. The van der Waals surface area contributed by atoms with Crippen LogP contribution in [0.4, 0.5) is 0 Å². The third-order valence-corrected chi connectivity index (χ3v) is 10.3. The summed E-state index contributed by atoms with van der Waals surface area (Å²) in [6.45, 7) is 5.34. The summed E-state index contributed by atoms with van der Waals surface area (Å²) >= 11 is 0. The van der Waals surface area contributed by atoms with Crippen molar-refractivity contribution in [1.29, 1.82) is 0 Å². The highest BCUT2D eigenvalue weighted by Gasteiger charge is 2.36. The second-order valence-corrected chi connectivity index (χ2v) is 16.3. The minimum absolute atomic E-state index is 0.123. The Morgan fingerprint density at radius 1 is 0.703 bits per heavy atom. The number of likely N-dealkylation sites (tertiary alicyclic amines) is 1. The van der Waals surface area contributed by atoms with Gasteiger partial charge >= 0.3 is 5.97 Å². The summed E-state index contributed by atoms with van der Waals surface area (Å²) in [5, 5.41) is 41.3. The van der Waals surface area contributed by atoms with E-state index in [1.807, 2.05) is 0 Å². The molecule has 0 radical (unpaired) electrons. The topological polar surface area (TPSA) is 392 Å². The average Bonchev–Trinajstić information content (AvgIpc) is 3.91. The quantitative estimate of drug-likeness (QED) is 0.0341. The SMILES string of the molecule is CC(C)C[C@H](NC(=O)CNC(=O)[C@H](C)NC(=O)[C@H](CCC(N)=O)NC(=O)CNC(=O)C1C[C@@H](O)CN1)C(=O)N[C@@H](C)C(=O)NCC(=O)N1CCC[C@H]1C(=O)N[C@@H](CCCCN)C(=O)O. The number of hydrogen-bond acceptors (Lipinski definition) is 14. The van der Waals surface area contributed by atoms with Gasteiger partial charge < -0.3 is 74.4 Å². The van der Waals surface area contributed by atoms with Gasteiger partial charge in [-0.2, -0.15) is 0 Å². The summed E-state index contributed by atoms with van der Waals surface area (Å²) in [7, 11) is 0. The number of nitrogens with zero attached hydrogens (tertiary/aromatic N) is 1. The molecule has 0 saturated carbocycles. The lowest BCUT2D eigenvalue weighted by atomic mass is 10.0. The molecule has 25 heteroatoms. The Kier molecular flexibility index (Phi) is 23.1. The van der Waals surface area contributed by atoms with Crippen molar-refractivity contribution in [3.8, 4) is 0 Å². The number of primary amides is 1. The van der Waals surface area contributed by atoms with E-state index in [0.29, 0.717) is 32.2 Å². The maximum atomic E-state index is 13.3. The van der Waals surface area contributed by atoms with Crippen LogP contribution in [-0.4, -0.2) is 168 Å². The number of hydrogen-bond donors (Lipinski definition) is 13. The van der Waals surface area contributed by atoms with E-state index in [9.17, 15) is 63.0 Å². The Bertz CT molecular complexity index is 1700. The van der Waals surface area contributed by atoms with E-state index in [4.69, 9.17) is 11.5 Å². The van der Waals surface area contributed by atoms with Crippen LogP contribution in [0.2, 0.25) is 0 Å². The number of carbonyl (C=O) groups excluding carboxylic acids is 10. The smallest absolute Gasteiger partial charge is 0.326 e. The number of carboxylic acid groups (broad SMARTS) is 1. The number of aliphatic carboxylic acids is 1. The number of amides is 10. The van der Waals surface area contributed by atoms with Crippen molar-refractivity contribution < 1.29 is 63.0 Å². The Morgan fingerprint density at radius 2 is 1.28 bits per heavy atom. The van der Waals surface area contributed by atoms with Gasteiger partial charge in [0.15, 0.2) is 0 Å². The summed E-state index contributed by atoms with van der Waals surface area (Å²) in [6.07, 6.45) is 1.05. The van der Waals surface area contributed by atoms with E-state index in [0.717, 1.165) is 0 Å². The number of aliphatic hydroxyl groups is 1. The van der Waals surface area contributed by atoms with Gasteiger partial charge in [0.1, 0.15) is 36.3 Å². The number of nitrogens with two attached hydrogens (primary N) is 2. The molecule has 0 aliphatic carbocycles. The zero-order valence-electron chi connectivity index (χ0n) is 36.8. The highest BCUT2D eigenvalue weighted by atomic mass is 16.4. The summed E-state index contributed by atoms with van der Waals surface area (Å²) in [5.41, 5.74) is 10.7. The number of rotatable bonds is 27. The molecule has 15 N–H and O–H groups in total. The maximum Gasteiger partial charge on any atom is 0.326 e. The van der Waals surface area contributed by atoms with E-state index in [1.165, 1.54) is 18.7 Å². The number of nitrogens with one attached hydrogen (secondary N) is 9. The first-order chi connectivity index (χ1) is 30.1. The monoisotopic (exact) mass is 910 g/mol. The molecule has 2 fully saturated rings. The summed E-state index contributed by atoms with van der Waals surface area (Å²) in [6, 6.07) is -7.72. The van der Waals surface area contributed by atoms with Crippen molar-refractivity contribution in [2.75, 3.05) is 39.3 Å². The third kappa shape index (κ3) is 19.2. The largest absolute Gasteiger partial charge is 0.480 e. The predicted molar refractivity (Wildman–Crippen MR) is 226 cm³/mol. The van der Waals surface area contributed by atoms with Gasteiger partial charge in [-0.25, -0.2) is 4.79 Å². The molecule has 0 aromatic rings. The van der Waals surface area contributed by atoms with Crippen LogP contribution in [0, 0.1) is 5.92 Å². The van der Waals surface area contributed by atoms with Gasteiger partial charge in [0.05, 0.1) is 31.8 Å². The lowest BCUT2D eigenvalue weighted by Gasteiger charge is -2.26. The predicted octanol–water partition coefficient (Wildman–Crippen LogP) is -5.96.